The van der Waals surface area contributed by atoms with Gasteiger partial charge in [-0.3, -0.25) is 4.31 Å². The Morgan fingerprint density at radius 3 is 2.62 bits per heavy atom. The fourth-order valence-corrected chi connectivity index (χ4v) is 2.71. The summed E-state index contributed by atoms with van der Waals surface area (Å²) in [5, 5.41) is 17.1. The molecule has 0 radical (unpaired) electrons. The fourth-order valence-electron chi connectivity index (χ4n) is 1.62. The van der Waals surface area contributed by atoms with Gasteiger partial charge in [-0.25, -0.2) is 4.79 Å². The second-order valence-corrected chi connectivity index (χ2v) is 5.96. The maximum absolute atomic E-state index is 12.3. The lowest BCUT2D eigenvalue weighted by Gasteiger charge is -2.17. The topological polar surface area (TPSA) is 112 Å². The van der Waals surface area contributed by atoms with Gasteiger partial charge in [0.25, 0.3) is 10.0 Å². The molecule has 0 aliphatic heterocycles. The van der Waals surface area contributed by atoms with Gasteiger partial charge in [-0.2, -0.15) is 13.7 Å². The quantitative estimate of drug-likeness (QED) is 0.919. The van der Waals surface area contributed by atoms with Crippen molar-refractivity contribution in [2.75, 3.05) is 11.4 Å². The zero-order valence-corrected chi connectivity index (χ0v) is 11.7. The van der Waals surface area contributed by atoms with Crippen LogP contribution in [0, 0.1) is 11.3 Å². The maximum Gasteiger partial charge on any atom is 0.371 e. The molecule has 7 nitrogen and oxygen atoms in total. The summed E-state index contributed by atoms with van der Waals surface area (Å²) in [5.74, 6) is -1.82. The van der Waals surface area contributed by atoms with Crippen molar-refractivity contribution in [3.05, 3.63) is 47.7 Å². The Morgan fingerprint density at radius 2 is 2.05 bits per heavy atom. The smallest absolute Gasteiger partial charge is 0.371 e. The molecule has 2 rings (SSSR count). The van der Waals surface area contributed by atoms with Crippen LogP contribution in [0.1, 0.15) is 16.1 Å². The summed E-state index contributed by atoms with van der Waals surface area (Å²) in [6, 6.07) is 10.0. The number of aromatic carboxylic acids is 1. The molecule has 0 saturated heterocycles. The number of furan rings is 1. The predicted molar refractivity (Wildman–Crippen MR) is 72.4 cm³/mol. The number of carbonyl (C=O) groups is 1. The Bertz CT molecular complexity index is 832. The van der Waals surface area contributed by atoms with Crippen LogP contribution in [0.5, 0.6) is 0 Å². The lowest BCUT2D eigenvalue weighted by Crippen LogP contribution is -2.26. The van der Waals surface area contributed by atoms with Crippen molar-refractivity contribution in [3.63, 3.8) is 0 Å². The van der Waals surface area contributed by atoms with Gasteiger partial charge in [0.1, 0.15) is 0 Å². The van der Waals surface area contributed by atoms with Crippen molar-refractivity contribution in [2.45, 2.75) is 5.09 Å². The van der Waals surface area contributed by atoms with E-state index < -0.39 is 26.8 Å². The van der Waals surface area contributed by atoms with Gasteiger partial charge in [0.15, 0.2) is 0 Å². The van der Waals surface area contributed by atoms with E-state index in [0.717, 1.165) is 16.4 Å². The van der Waals surface area contributed by atoms with E-state index in [1.165, 1.54) is 19.2 Å². The second kappa shape index (κ2) is 5.30. The van der Waals surface area contributed by atoms with Gasteiger partial charge in [-0.1, -0.05) is 6.07 Å². The van der Waals surface area contributed by atoms with Crippen molar-refractivity contribution >= 4 is 21.7 Å². The molecular weight excluding hydrogens is 296 g/mol. The van der Waals surface area contributed by atoms with E-state index in [2.05, 4.69) is 0 Å². The van der Waals surface area contributed by atoms with Crippen molar-refractivity contribution in [1.29, 1.82) is 5.26 Å². The number of sulfonamides is 1. The third-order valence-electron chi connectivity index (χ3n) is 2.75. The third-order valence-corrected chi connectivity index (χ3v) is 4.41. The van der Waals surface area contributed by atoms with Crippen LogP contribution in [0.2, 0.25) is 0 Å². The van der Waals surface area contributed by atoms with Gasteiger partial charge >= 0.3 is 5.97 Å². The van der Waals surface area contributed by atoms with E-state index in [1.54, 1.807) is 12.1 Å². The molecule has 1 aromatic heterocycles. The van der Waals surface area contributed by atoms with Crippen LogP contribution in [0.4, 0.5) is 5.69 Å². The molecule has 0 aliphatic carbocycles. The normalized spacial score (nSPS) is 10.9. The summed E-state index contributed by atoms with van der Waals surface area (Å²) < 4.78 is 30.4. The standard InChI is InChI=1S/C13H10N2O5S/c1-15(10-4-2-3-9(7-10)8-14)21(18,19)12-6-5-11(20-12)13(16)17/h2-7H,1H3,(H,16,17). The Kier molecular flexibility index (Phi) is 3.69. The summed E-state index contributed by atoms with van der Waals surface area (Å²) in [6.07, 6.45) is 0. The van der Waals surface area contributed by atoms with E-state index in [4.69, 9.17) is 14.8 Å². The first kappa shape index (κ1) is 14.6. The Labute approximate surface area is 120 Å². The number of nitriles is 1. The molecular formula is C13H10N2O5S. The van der Waals surface area contributed by atoms with Gasteiger partial charge in [-0.15, -0.1) is 0 Å². The third kappa shape index (κ3) is 2.73. The highest BCUT2D eigenvalue weighted by Gasteiger charge is 2.26. The van der Waals surface area contributed by atoms with Gasteiger partial charge in [-0.05, 0) is 30.3 Å². The highest BCUT2D eigenvalue weighted by atomic mass is 32.2. The molecule has 1 N–H and O–H groups in total. The SMILES string of the molecule is CN(c1cccc(C#N)c1)S(=O)(=O)c1ccc(C(=O)O)o1. The van der Waals surface area contributed by atoms with E-state index in [-0.39, 0.29) is 5.69 Å². The molecule has 0 bridgehead atoms. The van der Waals surface area contributed by atoms with E-state index in [1.807, 2.05) is 6.07 Å². The van der Waals surface area contributed by atoms with Crippen molar-refractivity contribution in [1.82, 2.24) is 0 Å². The van der Waals surface area contributed by atoms with Crippen LogP contribution in [0.15, 0.2) is 45.9 Å². The van der Waals surface area contributed by atoms with Crippen LogP contribution in [-0.2, 0) is 10.0 Å². The number of carboxylic acids is 1. The summed E-state index contributed by atoms with van der Waals surface area (Å²) in [6.45, 7) is 0. The first-order valence-corrected chi connectivity index (χ1v) is 7.12. The van der Waals surface area contributed by atoms with Gasteiger partial charge < -0.3 is 9.52 Å². The van der Waals surface area contributed by atoms with Crippen molar-refractivity contribution < 1.29 is 22.7 Å². The minimum atomic E-state index is -4.04. The number of anilines is 1. The van der Waals surface area contributed by atoms with Crippen molar-refractivity contribution in [2.24, 2.45) is 0 Å². The number of carboxylic acid groups (broad SMARTS) is 1. The molecule has 0 aliphatic rings. The zero-order chi connectivity index (χ0) is 15.6. The summed E-state index contributed by atoms with van der Waals surface area (Å²) in [4.78, 5) is 10.7. The minimum absolute atomic E-state index is 0.266. The molecule has 108 valence electrons. The number of nitrogens with zero attached hydrogens (tertiary/aromatic N) is 2. The van der Waals surface area contributed by atoms with Crippen LogP contribution < -0.4 is 4.31 Å². The van der Waals surface area contributed by atoms with Gasteiger partial charge in [0.2, 0.25) is 10.9 Å². The molecule has 2 aromatic rings. The molecule has 0 saturated carbocycles. The van der Waals surface area contributed by atoms with Crippen molar-refractivity contribution in [3.8, 4) is 6.07 Å². The Balaban J connectivity index is 2.42. The fraction of sp³-hybridized carbons (Fsp3) is 0.0769. The molecule has 0 spiro atoms. The van der Waals surface area contributed by atoms with Crippen LogP contribution in [0.25, 0.3) is 0 Å². The summed E-state index contributed by atoms with van der Waals surface area (Å²) in [5.41, 5.74) is 0.572. The minimum Gasteiger partial charge on any atom is -0.475 e. The van der Waals surface area contributed by atoms with Crippen LogP contribution in [-0.4, -0.2) is 26.5 Å². The first-order chi connectivity index (χ1) is 9.86. The lowest BCUT2D eigenvalue weighted by molar-refractivity contribution is 0.0656. The predicted octanol–water partition coefficient (Wildman–Crippen LogP) is 1.67. The van der Waals surface area contributed by atoms with E-state index >= 15 is 0 Å². The molecule has 0 fully saturated rings. The van der Waals surface area contributed by atoms with E-state index in [0.29, 0.717) is 5.56 Å². The molecule has 8 heteroatoms. The lowest BCUT2D eigenvalue weighted by atomic mass is 10.2. The van der Waals surface area contributed by atoms with Gasteiger partial charge in [0, 0.05) is 7.05 Å². The molecule has 0 unspecified atom stereocenters. The Morgan fingerprint density at radius 1 is 1.33 bits per heavy atom. The highest BCUT2D eigenvalue weighted by Crippen LogP contribution is 2.24. The highest BCUT2D eigenvalue weighted by molar-refractivity contribution is 7.92. The second-order valence-electron chi connectivity index (χ2n) is 4.06. The average molecular weight is 306 g/mol. The molecule has 1 aromatic carbocycles. The number of hydrogen-bond acceptors (Lipinski definition) is 5. The molecule has 0 amide bonds. The summed E-state index contributed by atoms with van der Waals surface area (Å²) >= 11 is 0. The average Bonchev–Trinajstić information content (AvgIpc) is 2.97. The molecule has 1 heterocycles. The number of hydrogen-bond donors (Lipinski definition) is 1. The number of benzene rings is 1. The van der Waals surface area contributed by atoms with Gasteiger partial charge in [0.05, 0.1) is 17.3 Å². The monoisotopic (exact) mass is 306 g/mol. The zero-order valence-electron chi connectivity index (χ0n) is 10.8. The number of rotatable bonds is 4. The van der Waals surface area contributed by atoms with Crippen LogP contribution in [0.3, 0.4) is 0 Å². The molecule has 0 atom stereocenters. The maximum atomic E-state index is 12.3. The molecule has 21 heavy (non-hydrogen) atoms. The Hall–Kier alpha value is -2.79. The van der Waals surface area contributed by atoms with E-state index in [9.17, 15) is 13.2 Å². The first-order valence-electron chi connectivity index (χ1n) is 5.68. The largest absolute Gasteiger partial charge is 0.475 e. The summed E-state index contributed by atoms with van der Waals surface area (Å²) in [7, 11) is -2.75. The van der Waals surface area contributed by atoms with Crippen LogP contribution >= 0.6 is 0 Å².